The maximum Gasteiger partial charge on any atom is 0.416 e. The molecule has 46 heavy (non-hydrogen) atoms. The number of halogens is 3. The van der Waals surface area contributed by atoms with Crippen molar-refractivity contribution in [2.45, 2.75) is 19.3 Å². The molecule has 0 bridgehead atoms. The minimum Gasteiger partial charge on any atom is -0.346 e. The van der Waals surface area contributed by atoms with Gasteiger partial charge in [-0.1, -0.05) is 73.3 Å². The van der Waals surface area contributed by atoms with E-state index in [9.17, 15) is 18.0 Å². The van der Waals surface area contributed by atoms with Crippen LogP contribution in [0.1, 0.15) is 16.7 Å². The number of amides is 1. The largest absolute Gasteiger partial charge is 0.416 e. The van der Waals surface area contributed by atoms with Gasteiger partial charge >= 0.3 is 6.18 Å². The van der Waals surface area contributed by atoms with Gasteiger partial charge in [-0.25, -0.2) is 4.98 Å². The Bertz CT molecular complexity index is 1930. The van der Waals surface area contributed by atoms with Gasteiger partial charge in [-0.15, -0.1) is 0 Å². The summed E-state index contributed by atoms with van der Waals surface area (Å²) in [6.07, 6.45) is -1.64. The number of alkyl halides is 3. The number of carbonyl (C=O) groups excluding carboxylic acids is 1. The van der Waals surface area contributed by atoms with Crippen molar-refractivity contribution in [1.29, 1.82) is 0 Å². The standard InChI is InChI=1S/C35H28F3N7O/c1-2-30(46)40-28-14-9-15-29(20-28)45-23-39-31-32(44(21-24-10-5-3-6-11-24)22-25-12-7-4-8-13-25)42-34(43-33(31)45)41-27-18-16-26(17-19-27)35(36,37)38/h2-20,23H,1,21-22H2,(H,40,46)(H,41,42,43). The van der Waals surface area contributed by atoms with Gasteiger partial charge in [-0.2, -0.15) is 23.1 Å². The van der Waals surface area contributed by atoms with E-state index >= 15 is 0 Å². The third-order valence-electron chi connectivity index (χ3n) is 7.16. The quantitative estimate of drug-likeness (QED) is 0.152. The molecule has 2 heterocycles. The van der Waals surface area contributed by atoms with E-state index < -0.39 is 11.7 Å². The Hall–Kier alpha value is -5.97. The maximum atomic E-state index is 13.2. The highest BCUT2D eigenvalue weighted by Gasteiger charge is 2.30. The van der Waals surface area contributed by atoms with Crippen LogP contribution in [0.5, 0.6) is 0 Å². The number of hydrogen-bond donors (Lipinski definition) is 2. The van der Waals surface area contributed by atoms with Crippen LogP contribution in [0.2, 0.25) is 0 Å². The normalized spacial score (nSPS) is 11.3. The zero-order valence-corrected chi connectivity index (χ0v) is 24.4. The third kappa shape index (κ3) is 6.88. The average Bonchev–Trinajstić information content (AvgIpc) is 3.49. The second-order valence-corrected chi connectivity index (χ2v) is 10.4. The Labute approximate surface area is 262 Å². The number of imidazole rings is 1. The van der Waals surface area contributed by atoms with Gasteiger partial charge < -0.3 is 15.5 Å². The fraction of sp³-hybridized carbons (Fsp3) is 0.0857. The maximum absolute atomic E-state index is 13.2. The molecule has 1 amide bonds. The second kappa shape index (κ2) is 12.9. The van der Waals surface area contributed by atoms with E-state index in [0.29, 0.717) is 47.1 Å². The molecule has 2 aromatic heterocycles. The second-order valence-electron chi connectivity index (χ2n) is 10.4. The number of benzene rings is 4. The minimum absolute atomic E-state index is 0.172. The molecule has 0 aliphatic heterocycles. The molecule has 11 heteroatoms. The van der Waals surface area contributed by atoms with Crippen molar-refractivity contribution in [2.24, 2.45) is 0 Å². The average molecular weight is 620 g/mol. The zero-order valence-electron chi connectivity index (χ0n) is 24.4. The van der Waals surface area contributed by atoms with Gasteiger partial charge in [0.2, 0.25) is 11.9 Å². The summed E-state index contributed by atoms with van der Waals surface area (Å²) in [7, 11) is 0. The van der Waals surface area contributed by atoms with Gasteiger partial charge in [-0.05, 0) is 59.7 Å². The lowest BCUT2D eigenvalue weighted by atomic mass is 10.1. The van der Waals surface area contributed by atoms with E-state index in [2.05, 4.69) is 22.1 Å². The molecule has 0 atom stereocenters. The molecule has 4 aromatic carbocycles. The molecular formula is C35H28F3N7O. The summed E-state index contributed by atoms with van der Waals surface area (Å²) in [5.74, 6) is 0.353. The van der Waals surface area contributed by atoms with Crippen molar-refractivity contribution in [3.8, 4) is 5.69 Å². The van der Waals surface area contributed by atoms with Gasteiger partial charge in [0.1, 0.15) is 6.33 Å². The Balaban J connectivity index is 1.48. The van der Waals surface area contributed by atoms with E-state index in [4.69, 9.17) is 15.0 Å². The summed E-state index contributed by atoms with van der Waals surface area (Å²) in [6, 6.07) is 31.7. The lowest BCUT2D eigenvalue weighted by molar-refractivity contribution is -0.137. The van der Waals surface area contributed by atoms with Crippen molar-refractivity contribution in [2.75, 3.05) is 15.5 Å². The first kappa shape index (κ1) is 30.1. The van der Waals surface area contributed by atoms with Crippen LogP contribution in [0.3, 0.4) is 0 Å². The number of aromatic nitrogens is 4. The van der Waals surface area contributed by atoms with Crippen LogP contribution in [0.15, 0.2) is 128 Å². The lowest BCUT2D eigenvalue weighted by Gasteiger charge is -2.25. The number of nitrogens with one attached hydrogen (secondary N) is 2. The summed E-state index contributed by atoms with van der Waals surface area (Å²) in [4.78, 5) is 28.4. The van der Waals surface area contributed by atoms with E-state index in [1.165, 1.54) is 18.2 Å². The van der Waals surface area contributed by atoms with E-state index in [1.54, 1.807) is 29.1 Å². The molecule has 0 fully saturated rings. The molecular weight excluding hydrogens is 591 g/mol. The summed E-state index contributed by atoms with van der Waals surface area (Å²) >= 11 is 0. The highest BCUT2D eigenvalue weighted by Crippen LogP contribution is 2.32. The molecule has 6 rings (SSSR count). The van der Waals surface area contributed by atoms with Crippen molar-refractivity contribution in [3.63, 3.8) is 0 Å². The first-order chi connectivity index (χ1) is 22.3. The number of anilines is 4. The van der Waals surface area contributed by atoms with Gasteiger partial charge in [0.15, 0.2) is 17.0 Å². The molecule has 0 spiro atoms. The fourth-order valence-corrected chi connectivity index (χ4v) is 4.96. The van der Waals surface area contributed by atoms with E-state index in [-0.39, 0.29) is 11.9 Å². The molecule has 0 aliphatic rings. The topological polar surface area (TPSA) is 88.0 Å². The Morgan fingerprint density at radius 1 is 0.826 bits per heavy atom. The Morgan fingerprint density at radius 3 is 2.09 bits per heavy atom. The number of hydrogen-bond acceptors (Lipinski definition) is 6. The Kier molecular flexibility index (Phi) is 8.46. The van der Waals surface area contributed by atoms with E-state index in [1.807, 2.05) is 66.7 Å². The van der Waals surface area contributed by atoms with Gasteiger partial charge in [0, 0.05) is 24.5 Å². The van der Waals surface area contributed by atoms with Gasteiger partial charge in [0.25, 0.3) is 0 Å². The first-order valence-corrected chi connectivity index (χ1v) is 14.3. The van der Waals surface area contributed by atoms with Crippen LogP contribution in [0.4, 0.5) is 36.3 Å². The predicted molar refractivity (Wildman–Crippen MR) is 173 cm³/mol. The van der Waals surface area contributed by atoms with Crippen molar-refractivity contribution in [1.82, 2.24) is 19.5 Å². The summed E-state index contributed by atoms with van der Waals surface area (Å²) in [5.41, 5.74) is 3.93. The van der Waals surface area contributed by atoms with Crippen LogP contribution in [-0.4, -0.2) is 25.4 Å². The highest BCUT2D eigenvalue weighted by atomic mass is 19.4. The molecule has 0 saturated carbocycles. The number of fused-ring (bicyclic) bond motifs is 1. The first-order valence-electron chi connectivity index (χ1n) is 14.3. The van der Waals surface area contributed by atoms with Crippen LogP contribution >= 0.6 is 0 Å². The molecule has 2 N–H and O–H groups in total. The van der Waals surface area contributed by atoms with Gasteiger partial charge in [-0.3, -0.25) is 9.36 Å². The SMILES string of the molecule is C=CC(=O)Nc1cccc(-n2cnc3c(N(Cc4ccccc4)Cc4ccccc4)nc(Nc4ccc(C(F)(F)F)cc4)nc32)c1. The smallest absolute Gasteiger partial charge is 0.346 e. The van der Waals surface area contributed by atoms with E-state index in [0.717, 1.165) is 23.3 Å². The molecule has 0 unspecified atom stereocenters. The summed E-state index contributed by atoms with van der Waals surface area (Å²) in [5, 5.41) is 5.85. The molecule has 230 valence electrons. The summed E-state index contributed by atoms with van der Waals surface area (Å²) < 4.78 is 41.4. The third-order valence-corrected chi connectivity index (χ3v) is 7.16. The van der Waals surface area contributed by atoms with Crippen molar-refractivity contribution >= 4 is 40.2 Å². The molecule has 0 radical (unpaired) electrons. The summed E-state index contributed by atoms with van der Waals surface area (Å²) in [6.45, 7) is 4.50. The highest BCUT2D eigenvalue weighted by molar-refractivity contribution is 5.99. The van der Waals surface area contributed by atoms with Crippen LogP contribution in [-0.2, 0) is 24.1 Å². The van der Waals surface area contributed by atoms with Crippen LogP contribution in [0, 0.1) is 0 Å². The van der Waals surface area contributed by atoms with Crippen molar-refractivity contribution < 1.29 is 18.0 Å². The number of carbonyl (C=O) groups is 1. The molecule has 8 nitrogen and oxygen atoms in total. The molecule has 6 aromatic rings. The van der Waals surface area contributed by atoms with Crippen molar-refractivity contribution in [3.05, 3.63) is 145 Å². The van der Waals surface area contributed by atoms with Gasteiger partial charge in [0.05, 0.1) is 11.3 Å². The fourth-order valence-electron chi connectivity index (χ4n) is 4.96. The number of rotatable bonds is 10. The Morgan fingerprint density at radius 2 is 1.48 bits per heavy atom. The lowest BCUT2D eigenvalue weighted by Crippen LogP contribution is -2.24. The number of nitrogens with zero attached hydrogens (tertiary/aromatic N) is 5. The predicted octanol–water partition coefficient (Wildman–Crippen LogP) is 7.91. The zero-order chi connectivity index (χ0) is 32.1. The monoisotopic (exact) mass is 619 g/mol. The van der Waals surface area contributed by atoms with Crippen LogP contribution < -0.4 is 15.5 Å². The molecule has 0 aliphatic carbocycles. The minimum atomic E-state index is -4.46. The molecule has 0 saturated heterocycles. The van der Waals surface area contributed by atoms with Crippen LogP contribution in [0.25, 0.3) is 16.9 Å².